The predicted octanol–water partition coefficient (Wildman–Crippen LogP) is 4.75. The Balaban J connectivity index is 0.00000289. The van der Waals surface area contributed by atoms with Crippen LogP contribution in [0.1, 0.15) is 42.3 Å². The maximum Gasteiger partial charge on any atom is 0.226 e. The fraction of sp³-hybridized carbons (Fsp3) is 0.417. The smallest absolute Gasteiger partial charge is 0.226 e. The molecule has 0 bridgehead atoms. The van der Waals surface area contributed by atoms with E-state index in [1.54, 1.807) is 19.6 Å². The lowest BCUT2D eigenvalue weighted by molar-refractivity contribution is 0.146. The number of rotatable bonds is 7. The summed E-state index contributed by atoms with van der Waals surface area (Å²) >= 11 is 0. The Morgan fingerprint density at radius 2 is 1.88 bits per heavy atom. The molecule has 4 rings (SSSR count). The number of nitrogens with zero attached hydrogens (tertiary/aromatic N) is 3. The molecule has 1 aliphatic heterocycles. The first kappa shape index (κ1) is 24.3. The normalized spacial score (nSPS) is 15.8. The van der Waals surface area contributed by atoms with Crippen molar-refractivity contribution < 1.29 is 8.83 Å². The summed E-state index contributed by atoms with van der Waals surface area (Å²) in [5.41, 5.74) is 3.02. The van der Waals surface area contributed by atoms with E-state index in [-0.39, 0.29) is 30.0 Å². The van der Waals surface area contributed by atoms with Crippen LogP contribution < -0.4 is 10.6 Å². The molecule has 1 atom stereocenters. The molecular weight excluding hydrogens is 517 g/mol. The maximum atomic E-state index is 5.73. The minimum absolute atomic E-state index is 0. The van der Waals surface area contributed by atoms with Crippen LogP contribution in [0.3, 0.4) is 0 Å². The van der Waals surface area contributed by atoms with Gasteiger partial charge in [0.05, 0.1) is 24.5 Å². The van der Waals surface area contributed by atoms with Crippen LogP contribution in [0.15, 0.2) is 62.8 Å². The lowest BCUT2D eigenvalue weighted by Gasteiger charge is -2.33. The molecule has 0 radical (unpaired) electrons. The molecule has 0 spiro atoms. The van der Waals surface area contributed by atoms with Crippen molar-refractivity contribution in [1.29, 1.82) is 0 Å². The Bertz CT molecular complexity index is 963. The van der Waals surface area contributed by atoms with Gasteiger partial charge in [0, 0.05) is 19.2 Å². The van der Waals surface area contributed by atoms with Crippen molar-refractivity contribution >= 4 is 29.9 Å². The summed E-state index contributed by atoms with van der Waals surface area (Å²) in [6, 6.07) is 12.4. The first-order valence-corrected chi connectivity index (χ1v) is 11.0. The summed E-state index contributed by atoms with van der Waals surface area (Å²) in [7, 11) is 1.78. The topological polar surface area (TPSA) is 78.8 Å². The Hall–Kier alpha value is -2.33. The largest absolute Gasteiger partial charge is 0.468 e. The number of oxazole rings is 1. The Labute approximate surface area is 206 Å². The summed E-state index contributed by atoms with van der Waals surface area (Å²) < 4.78 is 11.4. The van der Waals surface area contributed by atoms with Crippen LogP contribution >= 0.6 is 24.0 Å². The Morgan fingerprint density at radius 3 is 2.56 bits per heavy atom. The van der Waals surface area contributed by atoms with Crippen molar-refractivity contribution in [1.82, 2.24) is 20.5 Å². The highest BCUT2D eigenvalue weighted by Gasteiger charge is 2.24. The molecule has 0 aliphatic carbocycles. The van der Waals surface area contributed by atoms with Crippen LogP contribution in [-0.4, -0.2) is 42.5 Å². The highest BCUT2D eigenvalue weighted by molar-refractivity contribution is 14.0. The van der Waals surface area contributed by atoms with Crippen molar-refractivity contribution in [2.45, 2.75) is 38.8 Å². The minimum Gasteiger partial charge on any atom is -0.468 e. The lowest BCUT2D eigenvalue weighted by atomic mass is 10.1. The van der Waals surface area contributed by atoms with Crippen LogP contribution in [0.25, 0.3) is 11.5 Å². The number of aryl methyl sites for hydroxylation is 1. The van der Waals surface area contributed by atoms with Gasteiger partial charge in [-0.2, -0.15) is 0 Å². The van der Waals surface area contributed by atoms with Gasteiger partial charge in [-0.25, -0.2) is 4.98 Å². The summed E-state index contributed by atoms with van der Waals surface area (Å²) in [5.74, 6) is 2.35. The minimum atomic E-state index is 0. The molecule has 3 aromatic rings. The van der Waals surface area contributed by atoms with E-state index >= 15 is 0 Å². The van der Waals surface area contributed by atoms with E-state index in [2.05, 4.69) is 50.6 Å². The van der Waals surface area contributed by atoms with Crippen molar-refractivity contribution in [3.63, 3.8) is 0 Å². The third-order valence-corrected chi connectivity index (χ3v) is 5.68. The van der Waals surface area contributed by atoms with Crippen molar-refractivity contribution in [3.05, 3.63) is 65.9 Å². The zero-order valence-electron chi connectivity index (χ0n) is 18.7. The second-order valence-corrected chi connectivity index (χ2v) is 7.94. The van der Waals surface area contributed by atoms with Gasteiger partial charge >= 0.3 is 0 Å². The average Bonchev–Trinajstić information content (AvgIpc) is 3.50. The van der Waals surface area contributed by atoms with Crippen LogP contribution in [0.5, 0.6) is 0 Å². The van der Waals surface area contributed by atoms with Gasteiger partial charge in [0.25, 0.3) is 0 Å². The molecule has 8 heteroatoms. The number of hydrogen-bond donors (Lipinski definition) is 2. The standard InChI is InChI=1S/C24H31N5O2.HI/c1-18-8-10-19(11-9-18)23-28-20(17-31-23)15-26-24(25-2)27-16-21(22-7-6-14-30-22)29-12-4-3-5-13-29;/h6-11,14,17,21H,3-5,12-13,15-16H2,1-2H3,(H2,25,26,27);1H. The zero-order chi connectivity index (χ0) is 21.5. The predicted molar refractivity (Wildman–Crippen MR) is 137 cm³/mol. The first-order valence-electron chi connectivity index (χ1n) is 11.0. The number of piperidine rings is 1. The summed E-state index contributed by atoms with van der Waals surface area (Å²) in [6.07, 6.45) is 7.21. The highest BCUT2D eigenvalue weighted by Crippen LogP contribution is 2.24. The molecule has 1 aromatic carbocycles. The number of halogens is 1. The molecule has 0 amide bonds. The number of aromatic nitrogens is 1. The second kappa shape index (κ2) is 12.1. The average molecular weight is 549 g/mol. The quantitative estimate of drug-likeness (QED) is 0.252. The number of aliphatic imine (C=N–C) groups is 1. The fourth-order valence-corrected chi connectivity index (χ4v) is 3.93. The summed E-state index contributed by atoms with van der Waals surface area (Å²) in [4.78, 5) is 11.4. The molecule has 1 unspecified atom stereocenters. The van der Waals surface area contributed by atoms with E-state index in [1.807, 2.05) is 18.2 Å². The van der Waals surface area contributed by atoms with Gasteiger partial charge in [0.15, 0.2) is 5.96 Å². The van der Waals surface area contributed by atoms with Gasteiger partial charge in [0.2, 0.25) is 5.89 Å². The highest BCUT2D eigenvalue weighted by atomic mass is 127. The molecule has 1 aliphatic rings. The van der Waals surface area contributed by atoms with E-state index in [4.69, 9.17) is 8.83 Å². The van der Waals surface area contributed by atoms with E-state index in [0.717, 1.165) is 42.6 Å². The van der Waals surface area contributed by atoms with Crippen molar-refractivity contribution in [2.75, 3.05) is 26.7 Å². The fourth-order valence-electron chi connectivity index (χ4n) is 3.93. The second-order valence-electron chi connectivity index (χ2n) is 7.94. The molecule has 3 heterocycles. The molecule has 1 fully saturated rings. The molecule has 1 saturated heterocycles. The van der Waals surface area contributed by atoms with Crippen LogP contribution in [0.4, 0.5) is 0 Å². The van der Waals surface area contributed by atoms with Crippen LogP contribution in [-0.2, 0) is 6.54 Å². The van der Waals surface area contributed by atoms with E-state index in [9.17, 15) is 0 Å². The summed E-state index contributed by atoms with van der Waals surface area (Å²) in [5, 5.41) is 6.78. The van der Waals surface area contributed by atoms with Crippen LogP contribution in [0.2, 0.25) is 0 Å². The molecule has 2 aromatic heterocycles. The van der Waals surface area contributed by atoms with E-state index < -0.39 is 0 Å². The SMILES string of the molecule is CN=C(NCc1coc(-c2ccc(C)cc2)n1)NCC(c1ccco1)N1CCCCC1.I. The molecule has 7 nitrogen and oxygen atoms in total. The zero-order valence-corrected chi connectivity index (χ0v) is 21.0. The monoisotopic (exact) mass is 549 g/mol. The van der Waals surface area contributed by atoms with Gasteiger partial charge in [-0.15, -0.1) is 24.0 Å². The number of hydrogen-bond acceptors (Lipinski definition) is 5. The van der Waals surface area contributed by atoms with E-state index in [0.29, 0.717) is 12.4 Å². The Morgan fingerprint density at radius 1 is 1.09 bits per heavy atom. The first-order chi connectivity index (χ1) is 15.2. The van der Waals surface area contributed by atoms with Crippen molar-refractivity contribution in [2.24, 2.45) is 4.99 Å². The molecule has 172 valence electrons. The molecule has 32 heavy (non-hydrogen) atoms. The lowest BCUT2D eigenvalue weighted by Crippen LogP contribution is -2.44. The number of benzene rings is 1. The maximum absolute atomic E-state index is 5.73. The third kappa shape index (κ3) is 6.35. The number of likely N-dealkylation sites (tertiary alicyclic amines) is 1. The van der Waals surface area contributed by atoms with Gasteiger partial charge in [-0.05, 0) is 57.1 Å². The van der Waals surface area contributed by atoms with Crippen molar-refractivity contribution in [3.8, 4) is 11.5 Å². The number of guanidine groups is 1. The van der Waals surface area contributed by atoms with Gasteiger partial charge in [-0.1, -0.05) is 24.1 Å². The number of furan rings is 1. The van der Waals surface area contributed by atoms with E-state index in [1.165, 1.54) is 24.8 Å². The van der Waals surface area contributed by atoms with Gasteiger partial charge in [-0.3, -0.25) is 9.89 Å². The number of nitrogens with one attached hydrogen (secondary N) is 2. The molecule has 2 N–H and O–H groups in total. The van der Waals surface area contributed by atoms with Gasteiger partial charge < -0.3 is 19.5 Å². The molecule has 0 saturated carbocycles. The third-order valence-electron chi connectivity index (χ3n) is 5.68. The molecular formula is C24H32IN5O2. The van der Waals surface area contributed by atoms with Gasteiger partial charge in [0.1, 0.15) is 12.0 Å². The summed E-state index contributed by atoms with van der Waals surface area (Å²) in [6.45, 7) is 5.51. The Kier molecular flexibility index (Phi) is 9.16. The van der Waals surface area contributed by atoms with Crippen LogP contribution in [0, 0.1) is 6.92 Å².